The summed E-state index contributed by atoms with van der Waals surface area (Å²) in [5, 5.41) is 14.0. The van der Waals surface area contributed by atoms with Gasteiger partial charge in [-0.05, 0) is 89.9 Å². The van der Waals surface area contributed by atoms with Crippen molar-refractivity contribution in [1.82, 2.24) is 5.32 Å². The van der Waals surface area contributed by atoms with E-state index in [1.165, 1.54) is 218 Å². The van der Waals surface area contributed by atoms with Gasteiger partial charge in [0, 0.05) is 6.42 Å². The van der Waals surface area contributed by atoms with Crippen molar-refractivity contribution >= 4 is 13.7 Å². The Balaban J connectivity index is 4.13. The van der Waals surface area contributed by atoms with E-state index in [0.29, 0.717) is 17.4 Å². The Hall–Kier alpha value is -2.84. The van der Waals surface area contributed by atoms with E-state index in [2.05, 4.69) is 116 Å². The first-order valence-corrected chi connectivity index (χ1v) is 37.8. The summed E-state index contributed by atoms with van der Waals surface area (Å²) in [6, 6.07) is -0.874. The number of carbonyl (C=O) groups excluding carboxylic acids is 1. The van der Waals surface area contributed by atoms with Crippen LogP contribution in [0.2, 0.25) is 0 Å². The summed E-state index contributed by atoms with van der Waals surface area (Å²) >= 11 is 0. The van der Waals surface area contributed by atoms with Gasteiger partial charge in [-0.2, -0.15) is 0 Å². The molecule has 1 amide bonds. The van der Waals surface area contributed by atoms with E-state index >= 15 is 0 Å². The number of amides is 1. The molecule has 3 N–H and O–H groups in total. The lowest BCUT2D eigenvalue weighted by atomic mass is 10.0. The molecule has 3 atom stereocenters. The molecule has 0 saturated heterocycles. The number of phosphoric ester groups is 1. The van der Waals surface area contributed by atoms with Gasteiger partial charge in [0.25, 0.3) is 0 Å². The topological polar surface area (TPSA) is 105 Å². The minimum atomic E-state index is -4.37. The largest absolute Gasteiger partial charge is 0.472 e. The normalized spacial score (nSPS) is 14.3. The fraction of sp³-hybridized carbons (Fsp3) is 0.753. The number of quaternary nitrogens is 1. The molecule has 0 heterocycles. The van der Waals surface area contributed by atoms with Gasteiger partial charge < -0.3 is 19.8 Å². The minimum absolute atomic E-state index is 0.0513. The second-order valence-corrected chi connectivity index (χ2v) is 27.0. The molecule has 8 nitrogen and oxygen atoms in total. The van der Waals surface area contributed by atoms with Crippen LogP contribution in [0, 0.1) is 0 Å². The quantitative estimate of drug-likeness (QED) is 0.0243. The molecule has 0 aromatic carbocycles. The number of hydrogen-bond donors (Lipinski definition) is 3. The minimum Gasteiger partial charge on any atom is -0.387 e. The SMILES string of the molecule is CC/C=C\C/C=C\C/C=C\C/C=C\C/C=C\C/C=C\C/C=C\CCCCCCCCCCCCCC(=O)NC(COP(=O)(O)OCC[N+](C)(C)C)C(O)/C=C/CC/C=C/CCCCCCCCCCCCCCCCCCCCCCCCCCC. The molecule has 0 aliphatic rings. The summed E-state index contributed by atoms with van der Waals surface area (Å²) in [6.07, 6.45) is 98.2. The van der Waals surface area contributed by atoms with E-state index in [1.807, 2.05) is 27.2 Å². The molecular formula is C77H140N2O6P+. The van der Waals surface area contributed by atoms with Crippen LogP contribution in [-0.2, 0) is 18.4 Å². The van der Waals surface area contributed by atoms with Gasteiger partial charge in [-0.3, -0.25) is 13.8 Å². The van der Waals surface area contributed by atoms with Crippen molar-refractivity contribution in [1.29, 1.82) is 0 Å². The van der Waals surface area contributed by atoms with E-state index in [1.54, 1.807) is 6.08 Å². The smallest absolute Gasteiger partial charge is 0.387 e. The standard InChI is InChI=1S/C77H139N2O6P/c1-6-8-10-12-14-16-18-20-22-24-26-28-30-32-34-36-38-39-41-43-45-47-49-51-53-55-57-59-61-63-65-67-69-71-77(81)78-75(74-85-86(82,83)84-73-72-79(3,4)5)76(80)70-68-66-64-62-60-58-56-54-52-50-48-46-44-42-40-37-35-33-31-29-27-25-23-21-19-17-15-13-11-9-7-2/h8,10,14,16,20,22,26,28,32,34,38-39,43,45,60,62,68,70,75-76,80H,6-7,9,11-13,15,17-19,21,23-25,27,29-31,33,35-37,40-42,44,46-59,61,63-67,69,71-74H2,1-5H3,(H-,78,81,82,83)/p+1/b10-8-,16-14-,22-20-,28-26-,34-32-,39-38-,45-43-,62-60+,70-68+. The number of phosphoric acid groups is 1. The van der Waals surface area contributed by atoms with Crippen molar-refractivity contribution < 1.29 is 32.9 Å². The Labute approximate surface area is 533 Å². The van der Waals surface area contributed by atoms with Crippen molar-refractivity contribution in [2.75, 3.05) is 40.9 Å². The summed E-state index contributed by atoms with van der Waals surface area (Å²) in [5.74, 6) is -0.191. The van der Waals surface area contributed by atoms with Gasteiger partial charge in [-0.15, -0.1) is 0 Å². The molecule has 0 rings (SSSR count). The van der Waals surface area contributed by atoms with Crippen molar-refractivity contribution in [2.24, 2.45) is 0 Å². The Bertz CT molecular complexity index is 1770. The molecular weight excluding hydrogens is 1080 g/mol. The molecule has 498 valence electrons. The van der Waals surface area contributed by atoms with Crippen molar-refractivity contribution in [2.45, 2.75) is 334 Å². The number of unbranched alkanes of at least 4 members (excludes halogenated alkanes) is 37. The van der Waals surface area contributed by atoms with Gasteiger partial charge >= 0.3 is 7.82 Å². The maximum absolute atomic E-state index is 13.1. The molecule has 0 bridgehead atoms. The third kappa shape index (κ3) is 68.6. The number of rotatable bonds is 66. The number of allylic oxidation sites excluding steroid dienone is 17. The van der Waals surface area contributed by atoms with Gasteiger partial charge in [-0.1, -0.05) is 335 Å². The first kappa shape index (κ1) is 83.2. The number of nitrogens with zero attached hydrogens (tertiary/aromatic N) is 1. The van der Waals surface area contributed by atoms with Crippen LogP contribution in [0.5, 0.6) is 0 Å². The number of likely N-dealkylation sites (N-methyl/N-ethyl adjacent to an activating group) is 1. The van der Waals surface area contributed by atoms with Crippen LogP contribution in [0.4, 0.5) is 0 Å². The molecule has 0 aliphatic carbocycles. The van der Waals surface area contributed by atoms with E-state index in [-0.39, 0.29) is 19.1 Å². The fourth-order valence-electron chi connectivity index (χ4n) is 10.4. The van der Waals surface area contributed by atoms with E-state index in [0.717, 1.165) is 83.5 Å². The number of carbonyl (C=O) groups is 1. The molecule has 9 heteroatoms. The zero-order valence-corrected chi connectivity index (χ0v) is 57.9. The summed E-state index contributed by atoms with van der Waals surface area (Å²) in [6.45, 7) is 4.71. The molecule has 0 spiro atoms. The van der Waals surface area contributed by atoms with Crippen LogP contribution in [0.25, 0.3) is 0 Å². The summed E-state index contributed by atoms with van der Waals surface area (Å²) in [4.78, 5) is 23.4. The Morgan fingerprint density at radius 2 is 0.709 bits per heavy atom. The average molecular weight is 1220 g/mol. The molecule has 86 heavy (non-hydrogen) atoms. The highest BCUT2D eigenvalue weighted by atomic mass is 31.2. The molecule has 0 fully saturated rings. The van der Waals surface area contributed by atoms with Crippen molar-refractivity contribution in [3.05, 3.63) is 109 Å². The van der Waals surface area contributed by atoms with Gasteiger partial charge in [0.15, 0.2) is 0 Å². The number of aliphatic hydroxyl groups is 1. The maximum Gasteiger partial charge on any atom is 0.472 e. The van der Waals surface area contributed by atoms with Crippen molar-refractivity contribution in [3.63, 3.8) is 0 Å². The highest BCUT2D eigenvalue weighted by molar-refractivity contribution is 7.47. The molecule has 0 aromatic rings. The highest BCUT2D eigenvalue weighted by Crippen LogP contribution is 2.43. The third-order valence-electron chi connectivity index (χ3n) is 16.0. The molecule has 0 aliphatic heterocycles. The predicted molar refractivity (Wildman–Crippen MR) is 378 cm³/mol. The second kappa shape index (κ2) is 66.6. The predicted octanol–water partition coefficient (Wildman–Crippen LogP) is 23.4. The van der Waals surface area contributed by atoms with Crippen LogP contribution >= 0.6 is 7.82 Å². The summed E-state index contributed by atoms with van der Waals surface area (Å²) < 4.78 is 23.8. The zero-order chi connectivity index (χ0) is 62.6. The molecule has 0 aromatic heterocycles. The average Bonchev–Trinajstić information content (AvgIpc) is 3.70. The second-order valence-electron chi connectivity index (χ2n) is 25.6. The lowest BCUT2D eigenvalue weighted by Crippen LogP contribution is -2.45. The van der Waals surface area contributed by atoms with E-state index in [9.17, 15) is 19.4 Å². The Kier molecular flexibility index (Phi) is 64.4. The zero-order valence-electron chi connectivity index (χ0n) is 57.0. The molecule has 0 radical (unpaired) electrons. The van der Waals surface area contributed by atoms with Gasteiger partial charge in [0.2, 0.25) is 5.91 Å². The van der Waals surface area contributed by atoms with Crippen LogP contribution in [0.15, 0.2) is 109 Å². The van der Waals surface area contributed by atoms with Gasteiger partial charge in [-0.25, -0.2) is 4.57 Å². The van der Waals surface area contributed by atoms with E-state index in [4.69, 9.17) is 9.05 Å². The van der Waals surface area contributed by atoms with Gasteiger partial charge in [0.05, 0.1) is 39.9 Å². The lowest BCUT2D eigenvalue weighted by molar-refractivity contribution is -0.870. The first-order valence-electron chi connectivity index (χ1n) is 36.3. The van der Waals surface area contributed by atoms with E-state index < -0.39 is 20.0 Å². The maximum atomic E-state index is 13.1. The summed E-state index contributed by atoms with van der Waals surface area (Å²) in [5.41, 5.74) is 0. The third-order valence-corrected chi connectivity index (χ3v) is 17.0. The summed E-state index contributed by atoms with van der Waals surface area (Å²) in [7, 11) is 1.55. The number of aliphatic hydroxyl groups excluding tert-OH is 1. The van der Waals surface area contributed by atoms with Crippen LogP contribution in [-0.4, -0.2) is 73.4 Å². The molecule has 0 saturated carbocycles. The fourth-order valence-corrected chi connectivity index (χ4v) is 11.1. The van der Waals surface area contributed by atoms with Crippen molar-refractivity contribution in [3.8, 4) is 0 Å². The Morgan fingerprint density at radius 3 is 1.07 bits per heavy atom. The number of nitrogens with one attached hydrogen (secondary N) is 1. The van der Waals surface area contributed by atoms with Gasteiger partial charge in [0.1, 0.15) is 13.2 Å². The molecule has 3 unspecified atom stereocenters. The van der Waals surface area contributed by atoms with Crippen LogP contribution in [0.1, 0.15) is 322 Å². The highest BCUT2D eigenvalue weighted by Gasteiger charge is 2.28. The van der Waals surface area contributed by atoms with Crippen LogP contribution < -0.4 is 5.32 Å². The first-order chi connectivity index (χ1) is 42.0. The lowest BCUT2D eigenvalue weighted by Gasteiger charge is -2.25. The monoisotopic (exact) mass is 1220 g/mol. The Morgan fingerprint density at radius 1 is 0.407 bits per heavy atom. The number of hydrogen-bond acceptors (Lipinski definition) is 5. The van der Waals surface area contributed by atoms with Crippen LogP contribution in [0.3, 0.4) is 0 Å².